The van der Waals surface area contributed by atoms with Crippen LogP contribution in [0.15, 0.2) is 42.3 Å². The first kappa shape index (κ1) is 16.2. The lowest BCUT2D eigenvalue weighted by Gasteiger charge is -2.07. The van der Waals surface area contributed by atoms with Crippen molar-refractivity contribution in [3.05, 3.63) is 37.2 Å². The standard InChI is InChI=1S/C14H17N5O2S/c1-2-8-19-13(11-3-5-15-6-4-11)17-18-14(19)22-10-12(21)16-7-9-20/h2-6,20H,1,7-10H2,(H,16,21). The first-order chi connectivity index (χ1) is 10.8. The highest BCUT2D eigenvalue weighted by Gasteiger charge is 2.14. The Morgan fingerprint density at radius 3 is 2.86 bits per heavy atom. The largest absolute Gasteiger partial charge is 0.395 e. The maximum atomic E-state index is 11.6. The number of amides is 1. The summed E-state index contributed by atoms with van der Waals surface area (Å²) in [5.41, 5.74) is 0.904. The number of carbonyl (C=O) groups is 1. The Balaban J connectivity index is 2.13. The number of allylic oxidation sites excluding steroid dienone is 1. The van der Waals surface area contributed by atoms with Gasteiger partial charge in [0.15, 0.2) is 11.0 Å². The molecule has 0 aromatic carbocycles. The molecule has 2 N–H and O–H groups in total. The number of carbonyl (C=O) groups excluding carboxylic acids is 1. The summed E-state index contributed by atoms with van der Waals surface area (Å²) in [6.45, 7) is 4.47. The molecule has 0 bridgehead atoms. The van der Waals surface area contributed by atoms with Gasteiger partial charge in [0.25, 0.3) is 0 Å². The Kier molecular flexibility index (Phi) is 6.11. The quantitative estimate of drug-likeness (QED) is 0.550. The third-order valence-corrected chi connectivity index (χ3v) is 3.70. The number of hydrogen-bond donors (Lipinski definition) is 2. The summed E-state index contributed by atoms with van der Waals surface area (Å²) in [5.74, 6) is 0.768. The zero-order chi connectivity index (χ0) is 15.8. The fourth-order valence-electron chi connectivity index (χ4n) is 1.78. The van der Waals surface area contributed by atoms with Crippen molar-refractivity contribution in [3.63, 3.8) is 0 Å². The molecule has 0 radical (unpaired) electrons. The van der Waals surface area contributed by atoms with Crippen molar-refractivity contribution in [2.45, 2.75) is 11.7 Å². The molecular formula is C14H17N5O2S. The maximum Gasteiger partial charge on any atom is 0.230 e. The number of nitrogens with zero attached hydrogens (tertiary/aromatic N) is 4. The van der Waals surface area contributed by atoms with Crippen molar-refractivity contribution in [2.24, 2.45) is 0 Å². The number of nitrogens with one attached hydrogen (secondary N) is 1. The van der Waals surface area contributed by atoms with Crippen LogP contribution in [0.1, 0.15) is 0 Å². The van der Waals surface area contributed by atoms with Crippen LogP contribution in [-0.2, 0) is 11.3 Å². The molecule has 0 saturated carbocycles. The Bertz CT molecular complexity index is 629. The van der Waals surface area contributed by atoms with E-state index in [1.165, 1.54) is 11.8 Å². The van der Waals surface area contributed by atoms with Crippen LogP contribution < -0.4 is 5.32 Å². The lowest BCUT2D eigenvalue weighted by atomic mass is 10.2. The van der Waals surface area contributed by atoms with E-state index in [4.69, 9.17) is 5.11 Å². The maximum absolute atomic E-state index is 11.6. The molecule has 1 amide bonds. The molecule has 2 aromatic heterocycles. The molecule has 7 nitrogen and oxygen atoms in total. The molecule has 0 aliphatic heterocycles. The first-order valence-electron chi connectivity index (χ1n) is 6.71. The van der Waals surface area contributed by atoms with E-state index < -0.39 is 0 Å². The highest BCUT2D eigenvalue weighted by Crippen LogP contribution is 2.23. The van der Waals surface area contributed by atoms with Crippen molar-refractivity contribution in [2.75, 3.05) is 18.9 Å². The second-order valence-corrected chi connectivity index (χ2v) is 5.25. The predicted molar refractivity (Wildman–Crippen MR) is 84.3 cm³/mol. The summed E-state index contributed by atoms with van der Waals surface area (Å²) >= 11 is 1.29. The van der Waals surface area contributed by atoms with E-state index in [0.29, 0.717) is 17.5 Å². The van der Waals surface area contributed by atoms with Gasteiger partial charge in [-0.2, -0.15) is 0 Å². The second kappa shape index (κ2) is 8.30. The minimum absolute atomic E-state index is 0.0742. The van der Waals surface area contributed by atoms with Gasteiger partial charge in [0.2, 0.25) is 5.91 Å². The predicted octanol–water partition coefficient (Wildman–Crippen LogP) is 0.727. The van der Waals surface area contributed by atoms with Crippen LogP contribution in [-0.4, -0.2) is 49.7 Å². The Morgan fingerprint density at radius 1 is 1.41 bits per heavy atom. The third-order valence-electron chi connectivity index (χ3n) is 2.73. The van der Waals surface area contributed by atoms with Crippen LogP contribution in [0, 0.1) is 0 Å². The molecule has 2 aromatic rings. The molecule has 0 spiro atoms. The molecule has 0 unspecified atom stereocenters. The van der Waals surface area contributed by atoms with Gasteiger partial charge in [-0.1, -0.05) is 17.8 Å². The van der Waals surface area contributed by atoms with E-state index in [2.05, 4.69) is 27.1 Å². The van der Waals surface area contributed by atoms with Gasteiger partial charge < -0.3 is 10.4 Å². The number of hydrogen-bond acceptors (Lipinski definition) is 6. The van der Waals surface area contributed by atoms with Crippen LogP contribution in [0.3, 0.4) is 0 Å². The van der Waals surface area contributed by atoms with Crippen LogP contribution in [0.4, 0.5) is 0 Å². The topological polar surface area (TPSA) is 92.9 Å². The van der Waals surface area contributed by atoms with E-state index in [1.807, 2.05) is 16.7 Å². The van der Waals surface area contributed by atoms with Crippen molar-refractivity contribution in [1.29, 1.82) is 0 Å². The van der Waals surface area contributed by atoms with Crippen molar-refractivity contribution < 1.29 is 9.90 Å². The zero-order valence-electron chi connectivity index (χ0n) is 12.0. The molecule has 0 saturated heterocycles. The molecule has 2 rings (SSSR count). The van der Waals surface area contributed by atoms with E-state index >= 15 is 0 Å². The average molecular weight is 319 g/mol. The summed E-state index contributed by atoms with van der Waals surface area (Å²) in [6, 6.07) is 3.71. The van der Waals surface area contributed by atoms with E-state index in [-0.39, 0.29) is 24.8 Å². The highest BCUT2D eigenvalue weighted by molar-refractivity contribution is 7.99. The molecule has 0 fully saturated rings. The van der Waals surface area contributed by atoms with Gasteiger partial charge >= 0.3 is 0 Å². The van der Waals surface area contributed by atoms with Crippen LogP contribution in [0.5, 0.6) is 0 Å². The van der Waals surface area contributed by atoms with Crippen molar-refractivity contribution in [1.82, 2.24) is 25.1 Å². The van der Waals surface area contributed by atoms with Crippen LogP contribution >= 0.6 is 11.8 Å². The molecule has 8 heteroatoms. The van der Waals surface area contributed by atoms with Crippen LogP contribution in [0.25, 0.3) is 11.4 Å². The van der Waals surface area contributed by atoms with Gasteiger partial charge in [0.05, 0.1) is 12.4 Å². The van der Waals surface area contributed by atoms with Crippen molar-refractivity contribution in [3.8, 4) is 11.4 Å². The van der Waals surface area contributed by atoms with Gasteiger partial charge in [-0.3, -0.25) is 14.3 Å². The summed E-state index contributed by atoms with van der Waals surface area (Å²) in [6.07, 6.45) is 5.14. The smallest absolute Gasteiger partial charge is 0.230 e. The van der Waals surface area contributed by atoms with Crippen molar-refractivity contribution >= 4 is 17.7 Å². The van der Waals surface area contributed by atoms with E-state index in [0.717, 1.165) is 5.56 Å². The van der Waals surface area contributed by atoms with E-state index in [1.54, 1.807) is 18.5 Å². The van der Waals surface area contributed by atoms with Gasteiger partial charge in [0.1, 0.15) is 0 Å². The molecule has 116 valence electrons. The summed E-state index contributed by atoms with van der Waals surface area (Å²) in [4.78, 5) is 15.6. The molecular weight excluding hydrogens is 302 g/mol. The number of aliphatic hydroxyl groups excluding tert-OH is 1. The number of rotatable bonds is 8. The lowest BCUT2D eigenvalue weighted by molar-refractivity contribution is -0.118. The van der Waals surface area contributed by atoms with E-state index in [9.17, 15) is 4.79 Å². The summed E-state index contributed by atoms with van der Waals surface area (Å²) in [7, 11) is 0. The van der Waals surface area contributed by atoms with Gasteiger partial charge in [-0.15, -0.1) is 16.8 Å². The van der Waals surface area contributed by atoms with Gasteiger partial charge in [-0.05, 0) is 12.1 Å². The fourth-order valence-corrected chi connectivity index (χ4v) is 2.56. The highest BCUT2D eigenvalue weighted by atomic mass is 32.2. The SMILES string of the molecule is C=CCn1c(SCC(=O)NCCO)nnc1-c1ccncc1. The Morgan fingerprint density at radius 2 is 2.18 bits per heavy atom. The van der Waals surface area contributed by atoms with Gasteiger partial charge in [0, 0.05) is 31.0 Å². The normalized spacial score (nSPS) is 10.4. The molecule has 0 atom stereocenters. The minimum Gasteiger partial charge on any atom is -0.395 e. The first-order valence-corrected chi connectivity index (χ1v) is 7.69. The lowest BCUT2D eigenvalue weighted by Crippen LogP contribution is -2.28. The molecule has 2 heterocycles. The minimum atomic E-state index is -0.155. The Labute approximate surface area is 132 Å². The number of aromatic nitrogens is 4. The summed E-state index contributed by atoms with van der Waals surface area (Å²) in [5, 5.41) is 20.3. The number of thioether (sulfide) groups is 1. The van der Waals surface area contributed by atoms with Gasteiger partial charge in [-0.25, -0.2) is 0 Å². The second-order valence-electron chi connectivity index (χ2n) is 4.30. The fraction of sp³-hybridized carbons (Fsp3) is 0.286. The van der Waals surface area contributed by atoms with Crippen LogP contribution in [0.2, 0.25) is 0 Å². The third kappa shape index (κ3) is 4.15. The number of aliphatic hydroxyl groups is 1. The Hall–Kier alpha value is -2.19. The monoisotopic (exact) mass is 319 g/mol. The number of pyridine rings is 1. The molecule has 0 aliphatic rings. The summed E-state index contributed by atoms with van der Waals surface area (Å²) < 4.78 is 1.90. The zero-order valence-corrected chi connectivity index (χ0v) is 12.8. The average Bonchev–Trinajstić information content (AvgIpc) is 2.95. The molecule has 0 aliphatic carbocycles. The molecule has 22 heavy (non-hydrogen) atoms.